The highest BCUT2D eigenvalue weighted by Gasteiger charge is 2.22. The van der Waals surface area contributed by atoms with Crippen molar-refractivity contribution in [3.63, 3.8) is 0 Å². The van der Waals surface area contributed by atoms with Crippen LogP contribution in [-0.4, -0.2) is 55.3 Å². The molecule has 0 saturated carbocycles. The fraction of sp³-hybridized carbons (Fsp3) is 0.300. The number of urea groups is 1. The van der Waals surface area contributed by atoms with Gasteiger partial charge in [-0.1, -0.05) is 42.5 Å². The maximum atomic E-state index is 12.2. The fourth-order valence-electron chi connectivity index (χ4n) is 2.76. The molecule has 6 heteroatoms. The third-order valence-electron chi connectivity index (χ3n) is 3.77. The summed E-state index contributed by atoms with van der Waals surface area (Å²) in [6.07, 6.45) is -0.115. The highest BCUT2D eigenvalue weighted by Crippen LogP contribution is 2.20. The molecule has 1 unspecified atom stereocenters. The van der Waals surface area contributed by atoms with Crippen LogP contribution >= 0.6 is 0 Å². The molecule has 2 amide bonds. The zero-order chi connectivity index (χ0) is 19.2. The Morgan fingerprint density at radius 3 is 2.08 bits per heavy atom. The van der Waals surface area contributed by atoms with Gasteiger partial charge in [-0.15, -0.1) is 0 Å². The number of anilines is 1. The maximum absolute atomic E-state index is 12.2. The van der Waals surface area contributed by atoms with Crippen LogP contribution in [0, 0.1) is 0 Å². The Hall–Kier alpha value is -2.86. The summed E-state index contributed by atoms with van der Waals surface area (Å²) in [6.45, 7) is 0.521. The molecule has 2 aromatic carbocycles. The smallest absolute Gasteiger partial charge is 0.319 e. The number of carboxylic acids is 1. The second-order valence-electron chi connectivity index (χ2n) is 7.31. The topological polar surface area (TPSA) is 78.4 Å². The van der Waals surface area contributed by atoms with Gasteiger partial charge in [0, 0.05) is 5.69 Å². The summed E-state index contributed by atoms with van der Waals surface area (Å²) in [5.74, 6) is -0.934. The molecule has 0 aliphatic heterocycles. The number of amides is 2. The van der Waals surface area contributed by atoms with Crippen molar-refractivity contribution in [3.8, 4) is 11.1 Å². The van der Waals surface area contributed by atoms with Crippen LogP contribution in [0.25, 0.3) is 11.1 Å². The number of carbonyl (C=O) groups excluding carboxylic acids is 1. The van der Waals surface area contributed by atoms with Crippen molar-refractivity contribution in [1.82, 2.24) is 5.32 Å². The van der Waals surface area contributed by atoms with Gasteiger partial charge in [0.25, 0.3) is 0 Å². The van der Waals surface area contributed by atoms with Gasteiger partial charge in [-0.3, -0.25) is 4.79 Å². The Bertz CT molecular complexity index is 737. The van der Waals surface area contributed by atoms with Gasteiger partial charge in [-0.2, -0.15) is 0 Å². The third-order valence-corrected chi connectivity index (χ3v) is 3.77. The van der Waals surface area contributed by atoms with Crippen molar-refractivity contribution in [1.29, 1.82) is 0 Å². The molecule has 138 valence electrons. The summed E-state index contributed by atoms with van der Waals surface area (Å²) in [5, 5.41) is 14.6. The zero-order valence-corrected chi connectivity index (χ0v) is 15.4. The van der Waals surface area contributed by atoms with E-state index in [2.05, 4.69) is 10.6 Å². The monoisotopic (exact) mass is 356 g/mol. The second-order valence-corrected chi connectivity index (χ2v) is 7.31. The number of hydrogen-bond acceptors (Lipinski definition) is 2. The third kappa shape index (κ3) is 6.57. The Labute approximate surface area is 154 Å². The van der Waals surface area contributed by atoms with Crippen LogP contribution in [0.5, 0.6) is 0 Å². The van der Waals surface area contributed by atoms with Gasteiger partial charge in [-0.25, -0.2) is 4.79 Å². The van der Waals surface area contributed by atoms with Crippen LogP contribution in [0.1, 0.15) is 6.42 Å². The van der Waals surface area contributed by atoms with E-state index in [4.69, 9.17) is 5.11 Å². The minimum Gasteiger partial charge on any atom is -0.481 e. The first-order valence-corrected chi connectivity index (χ1v) is 8.48. The van der Waals surface area contributed by atoms with E-state index in [-0.39, 0.29) is 6.42 Å². The molecule has 0 saturated heterocycles. The lowest BCUT2D eigenvalue weighted by atomic mass is 10.1. The number of carboxylic acid groups (broad SMARTS) is 1. The van der Waals surface area contributed by atoms with E-state index in [0.717, 1.165) is 11.1 Å². The van der Waals surface area contributed by atoms with Gasteiger partial charge in [0.05, 0.1) is 40.2 Å². The quantitative estimate of drug-likeness (QED) is 0.667. The van der Waals surface area contributed by atoms with Gasteiger partial charge < -0.3 is 20.2 Å². The van der Waals surface area contributed by atoms with Crippen molar-refractivity contribution in [2.45, 2.75) is 12.5 Å². The molecule has 0 aromatic heterocycles. The minimum atomic E-state index is -0.934. The number of carbonyl (C=O) groups is 2. The van der Waals surface area contributed by atoms with E-state index in [1.165, 1.54) is 0 Å². The van der Waals surface area contributed by atoms with Crippen LogP contribution in [0.4, 0.5) is 10.5 Å². The Morgan fingerprint density at radius 2 is 1.54 bits per heavy atom. The molecule has 0 fully saturated rings. The molecule has 26 heavy (non-hydrogen) atoms. The molecule has 6 nitrogen and oxygen atoms in total. The summed E-state index contributed by atoms with van der Waals surface area (Å²) >= 11 is 0. The number of likely N-dealkylation sites (N-methyl/N-ethyl adjacent to an activating group) is 1. The Balaban J connectivity index is 1.98. The molecule has 0 aliphatic carbocycles. The van der Waals surface area contributed by atoms with Crippen LogP contribution < -0.4 is 10.6 Å². The van der Waals surface area contributed by atoms with Crippen molar-refractivity contribution < 1.29 is 19.2 Å². The second kappa shape index (κ2) is 8.49. The molecule has 3 N–H and O–H groups in total. The van der Waals surface area contributed by atoms with E-state index in [1.807, 2.05) is 75.7 Å². The van der Waals surface area contributed by atoms with Crippen LogP contribution in [0.3, 0.4) is 0 Å². The highest BCUT2D eigenvalue weighted by atomic mass is 16.4. The lowest BCUT2D eigenvalue weighted by molar-refractivity contribution is -0.871. The molecule has 0 aliphatic rings. The van der Waals surface area contributed by atoms with Crippen molar-refractivity contribution in [2.24, 2.45) is 0 Å². The predicted molar refractivity (Wildman–Crippen MR) is 103 cm³/mol. The first-order chi connectivity index (χ1) is 12.2. The number of rotatable bonds is 7. The molecule has 2 rings (SSSR count). The lowest BCUT2D eigenvalue weighted by Crippen LogP contribution is -2.50. The maximum Gasteiger partial charge on any atom is 0.319 e. The molecular weight excluding hydrogens is 330 g/mol. The van der Waals surface area contributed by atoms with Crippen LogP contribution in [-0.2, 0) is 4.79 Å². The zero-order valence-electron chi connectivity index (χ0n) is 15.4. The summed E-state index contributed by atoms with van der Waals surface area (Å²) < 4.78 is 0.560. The highest BCUT2D eigenvalue weighted by molar-refractivity contribution is 5.90. The first kappa shape index (κ1) is 19.5. The number of hydrogen-bond donors (Lipinski definition) is 3. The largest absolute Gasteiger partial charge is 0.481 e. The van der Waals surface area contributed by atoms with Gasteiger partial charge in [0.1, 0.15) is 0 Å². The number of benzene rings is 2. The molecule has 0 radical (unpaired) electrons. The van der Waals surface area contributed by atoms with Gasteiger partial charge in [0.2, 0.25) is 0 Å². The van der Waals surface area contributed by atoms with Gasteiger partial charge >= 0.3 is 12.0 Å². The molecule has 0 heterocycles. The number of nitrogens with zero attached hydrogens (tertiary/aromatic N) is 1. The molecule has 0 spiro atoms. The molecule has 1 atom stereocenters. The predicted octanol–water partition coefficient (Wildman–Crippen LogP) is 3.02. The van der Waals surface area contributed by atoms with Crippen LogP contribution in [0.15, 0.2) is 54.6 Å². The summed E-state index contributed by atoms with van der Waals surface area (Å²) in [5.41, 5.74) is 2.82. The van der Waals surface area contributed by atoms with E-state index < -0.39 is 18.0 Å². The normalized spacial score (nSPS) is 12.3. The van der Waals surface area contributed by atoms with Crippen molar-refractivity contribution >= 4 is 17.7 Å². The molecule has 2 aromatic rings. The van der Waals surface area contributed by atoms with Gasteiger partial charge in [-0.05, 0) is 23.3 Å². The lowest BCUT2D eigenvalue weighted by Gasteiger charge is -2.29. The van der Waals surface area contributed by atoms with Crippen molar-refractivity contribution in [3.05, 3.63) is 54.6 Å². The summed E-state index contributed by atoms with van der Waals surface area (Å²) in [6, 6.07) is 16.6. The number of quaternary nitrogens is 1. The Kier molecular flexibility index (Phi) is 6.36. The molecule has 0 bridgehead atoms. The number of nitrogens with one attached hydrogen (secondary N) is 2. The summed E-state index contributed by atoms with van der Waals surface area (Å²) in [4.78, 5) is 23.3. The van der Waals surface area contributed by atoms with E-state index in [0.29, 0.717) is 16.7 Å². The van der Waals surface area contributed by atoms with Gasteiger partial charge in [0.15, 0.2) is 0 Å². The van der Waals surface area contributed by atoms with Crippen LogP contribution in [0.2, 0.25) is 0 Å². The average molecular weight is 356 g/mol. The van der Waals surface area contributed by atoms with E-state index >= 15 is 0 Å². The first-order valence-electron chi connectivity index (χ1n) is 8.48. The molecular formula is C20H26N3O3+. The van der Waals surface area contributed by atoms with E-state index in [9.17, 15) is 9.59 Å². The van der Waals surface area contributed by atoms with Crippen molar-refractivity contribution in [2.75, 3.05) is 33.0 Å². The average Bonchev–Trinajstić information content (AvgIpc) is 2.54. The fourth-order valence-corrected chi connectivity index (χ4v) is 2.76. The summed E-state index contributed by atoms with van der Waals surface area (Å²) in [7, 11) is 5.87. The number of aliphatic carboxylic acids is 1. The minimum absolute atomic E-state index is 0.115. The standard InChI is InChI=1S/C20H25N3O3/c1-23(2,3)14-18(13-19(24)25)22-20(26)21-17-11-9-16(10-12-17)15-7-5-4-6-8-15/h4-12,18H,13-14H2,1-3H3,(H2-,21,22,24,25,26)/p+1. The SMILES string of the molecule is C[N+](C)(C)CC(CC(=O)O)NC(=O)Nc1ccc(-c2ccccc2)cc1. The Morgan fingerprint density at radius 1 is 0.962 bits per heavy atom. The van der Waals surface area contributed by atoms with E-state index in [1.54, 1.807) is 0 Å².